The molecule has 1 N–H and O–H groups in total. The topological polar surface area (TPSA) is 75.9 Å². The molecule has 28 heavy (non-hydrogen) atoms. The second-order valence-corrected chi connectivity index (χ2v) is 6.80. The van der Waals surface area contributed by atoms with Crippen molar-refractivity contribution in [1.29, 1.82) is 0 Å². The van der Waals surface area contributed by atoms with Crippen molar-refractivity contribution in [3.8, 4) is 5.82 Å². The summed E-state index contributed by atoms with van der Waals surface area (Å²) in [5.74, 6) is 1.48. The van der Waals surface area contributed by atoms with Crippen molar-refractivity contribution in [2.24, 2.45) is 5.92 Å². The Morgan fingerprint density at radius 1 is 1.00 bits per heavy atom. The van der Waals surface area contributed by atoms with E-state index in [1.165, 1.54) is 6.33 Å². The number of fused-ring (bicyclic) bond motifs is 1. The minimum absolute atomic E-state index is 0.0361. The maximum Gasteiger partial charge on any atom is 0.231 e. The van der Waals surface area contributed by atoms with Crippen LogP contribution in [0.15, 0.2) is 73.3 Å². The normalized spacial score (nSPS) is 14.1. The molecule has 5 rings (SSSR count). The Kier molecular flexibility index (Phi) is 3.97. The number of aromatic nitrogens is 4. The summed E-state index contributed by atoms with van der Waals surface area (Å²) in [7, 11) is 0. The Morgan fingerprint density at radius 3 is 2.68 bits per heavy atom. The third-order valence-corrected chi connectivity index (χ3v) is 5.00. The fourth-order valence-electron chi connectivity index (χ4n) is 3.44. The van der Waals surface area contributed by atoms with Gasteiger partial charge >= 0.3 is 0 Å². The van der Waals surface area contributed by atoms with Crippen molar-refractivity contribution >= 4 is 28.2 Å². The van der Waals surface area contributed by atoms with E-state index in [4.69, 9.17) is 0 Å². The van der Waals surface area contributed by atoms with Crippen LogP contribution in [0.5, 0.6) is 0 Å². The highest BCUT2D eigenvalue weighted by atomic mass is 16.2. The number of nitrogens with zero attached hydrogens (tertiary/aromatic N) is 5. The van der Waals surface area contributed by atoms with E-state index in [-0.39, 0.29) is 11.8 Å². The van der Waals surface area contributed by atoms with Crippen LogP contribution in [-0.2, 0) is 4.79 Å². The van der Waals surface area contributed by atoms with Crippen LogP contribution in [0.25, 0.3) is 16.6 Å². The molecule has 1 amide bonds. The molecular formula is C21H18N6O. The molecule has 0 aliphatic carbocycles. The van der Waals surface area contributed by atoms with Gasteiger partial charge in [-0.05, 0) is 17.5 Å². The lowest BCUT2D eigenvalue weighted by Gasteiger charge is -2.39. The number of amides is 1. The lowest BCUT2D eigenvalue weighted by atomic mass is 9.98. The van der Waals surface area contributed by atoms with Crippen LogP contribution in [0.3, 0.4) is 0 Å². The van der Waals surface area contributed by atoms with Gasteiger partial charge in [0.25, 0.3) is 0 Å². The van der Waals surface area contributed by atoms with Crippen LogP contribution in [-0.4, -0.2) is 38.7 Å². The predicted octanol–water partition coefficient (Wildman–Crippen LogP) is 2.89. The van der Waals surface area contributed by atoms with Gasteiger partial charge in [0, 0.05) is 42.6 Å². The summed E-state index contributed by atoms with van der Waals surface area (Å²) < 4.78 is 1.69. The molecule has 7 heteroatoms. The van der Waals surface area contributed by atoms with Crippen LogP contribution in [0.1, 0.15) is 0 Å². The number of hydrogen-bond donors (Lipinski definition) is 1. The summed E-state index contributed by atoms with van der Waals surface area (Å²) in [5.41, 5.74) is 0.851. The molecule has 2 aromatic carbocycles. The van der Waals surface area contributed by atoms with E-state index in [0.717, 1.165) is 22.3 Å². The summed E-state index contributed by atoms with van der Waals surface area (Å²) in [5, 5.41) is 9.43. The first-order chi connectivity index (χ1) is 13.8. The molecule has 1 fully saturated rings. The Hall–Kier alpha value is -3.74. The molecule has 0 spiro atoms. The molecule has 4 aromatic rings. The molecular weight excluding hydrogens is 352 g/mol. The van der Waals surface area contributed by atoms with E-state index in [9.17, 15) is 4.79 Å². The van der Waals surface area contributed by atoms with Crippen molar-refractivity contribution < 1.29 is 4.79 Å². The number of hydrogen-bond acceptors (Lipinski definition) is 5. The number of carbonyl (C=O) groups is 1. The Bertz CT molecular complexity index is 1130. The maximum absolute atomic E-state index is 12.7. The van der Waals surface area contributed by atoms with Gasteiger partial charge in [-0.3, -0.25) is 4.79 Å². The molecule has 0 unspecified atom stereocenters. The second kappa shape index (κ2) is 6.77. The molecule has 0 radical (unpaired) electrons. The van der Waals surface area contributed by atoms with Crippen molar-refractivity contribution in [2.75, 3.05) is 23.3 Å². The number of rotatable bonds is 4. The van der Waals surface area contributed by atoms with Gasteiger partial charge in [-0.15, -0.1) is 0 Å². The Labute approximate surface area is 161 Å². The summed E-state index contributed by atoms with van der Waals surface area (Å²) in [4.78, 5) is 23.3. The lowest BCUT2D eigenvalue weighted by molar-refractivity contribution is -0.120. The second-order valence-electron chi connectivity index (χ2n) is 6.80. The largest absolute Gasteiger partial charge is 0.355 e. The van der Waals surface area contributed by atoms with Gasteiger partial charge in [0.15, 0.2) is 5.82 Å². The molecule has 138 valence electrons. The number of carbonyl (C=O) groups excluding carboxylic acids is 1. The standard InChI is InChI=1S/C21H18N6O/c28-21(25-18-8-3-6-15-5-1-2-7-17(15)18)16-12-26(13-16)19-11-20(23-14-22-19)27-10-4-9-24-27/h1-11,14,16H,12-13H2,(H,25,28). The molecule has 1 aliphatic heterocycles. The molecule has 0 bridgehead atoms. The molecule has 0 atom stereocenters. The summed E-state index contributed by atoms with van der Waals surface area (Å²) in [6.07, 6.45) is 5.07. The number of nitrogens with one attached hydrogen (secondary N) is 1. The van der Waals surface area contributed by atoms with Crippen LogP contribution in [0.2, 0.25) is 0 Å². The molecule has 1 saturated heterocycles. The zero-order chi connectivity index (χ0) is 18.9. The third kappa shape index (κ3) is 2.96. The van der Waals surface area contributed by atoms with Gasteiger partial charge < -0.3 is 10.2 Å². The van der Waals surface area contributed by atoms with E-state index in [2.05, 4.69) is 25.3 Å². The van der Waals surface area contributed by atoms with Gasteiger partial charge in [0.05, 0.1) is 5.92 Å². The van der Waals surface area contributed by atoms with E-state index in [0.29, 0.717) is 18.9 Å². The van der Waals surface area contributed by atoms with Crippen LogP contribution < -0.4 is 10.2 Å². The van der Waals surface area contributed by atoms with E-state index >= 15 is 0 Å². The monoisotopic (exact) mass is 370 g/mol. The van der Waals surface area contributed by atoms with Gasteiger partial charge in [-0.2, -0.15) is 5.10 Å². The SMILES string of the molecule is O=C(Nc1cccc2ccccc12)C1CN(c2cc(-n3cccn3)ncn2)C1. The summed E-state index contributed by atoms with van der Waals surface area (Å²) in [6, 6.07) is 17.7. The highest BCUT2D eigenvalue weighted by Gasteiger charge is 2.34. The van der Waals surface area contributed by atoms with Crippen LogP contribution in [0.4, 0.5) is 11.5 Å². The van der Waals surface area contributed by atoms with Crippen molar-refractivity contribution in [1.82, 2.24) is 19.7 Å². The number of anilines is 2. The Morgan fingerprint density at radius 2 is 1.82 bits per heavy atom. The van der Waals surface area contributed by atoms with Crippen LogP contribution >= 0.6 is 0 Å². The molecule has 1 aliphatic rings. The van der Waals surface area contributed by atoms with Crippen molar-refractivity contribution in [2.45, 2.75) is 0 Å². The van der Waals surface area contributed by atoms with E-state index < -0.39 is 0 Å². The highest BCUT2D eigenvalue weighted by molar-refractivity contribution is 6.03. The van der Waals surface area contributed by atoms with Gasteiger partial charge in [0.1, 0.15) is 12.1 Å². The quantitative estimate of drug-likeness (QED) is 0.598. The fraction of sp³-hybridized carbons (Fsp3) is 0.143. The van der Waals surface area contributed by atoms with Crippen molar-refractivity contribution in [3.63, 3.8) is 0 Å². The first-order valence-corrected chi connectivity index (χ1v) is 9.13. The minimum Gasteiger partial charge on any atom is -0.355 e. The lowest BCUT2D eigenvalue weighted by Crippen LogP contribution is -2.52. The first kappa shape index (κ1) is 16.4. The van der Waals surface area contributed by atoms with Gasteiger partial charge in [-0.1, -0.05) is 36.4 Å². The summed E-state index contributed by atoms with van der Waals surface area (Å²) >= 11 is 0. The van der Waals surface area contributed by atoms with E-state index in [1.54, 1.807) is 10.9 Å². The van der Waals surface area contributed by atoms with E-state index in [1.807, 2.05) is 60.8 Å². The van der Waals surface area contributed by atoms with Crippen molar-refractivity contribution in [3.05, 3.63) is 73.3 Å². The third-order valence-electron chi connectivity index (χ3n) is 5.00. The summed E-state index contributed by atoms with van der Waals surface area (Å²) in [6.45, 7) is 1.26. The zero-order valence-electron chi connectivity index (χ0n) is 15.1. The molecule has 3 heterocycles. The maximum atomic E-state index is 12.7. The number of benzene rings is 2. The molecule has 7 nitrogen and oxygen atoms in total. The Balaban J connectivity index is 1.27. The smallest absolute Gasteiger partial charge is 0.231 e. The average molecular weight is 370 g/mol. The predicted molar refractivity (Wildman–Crippen MR) is 107 cm³/mol. The van der Waals surface area contributed by atoms with Gasteiger partial charge in [-0.25, -0.2) is 14.6 Å². The molecule has 2 aromatic heterocycles. The highest BCUT2D eigenvalue weighted by Crippen LogP contribution is 2.27. The van der Waals surface area contributed by atoms with Crippen LogP contribution in [0, 0.1) is 5.92 Å². The zero-order valence-corrected chi connectivity index (χ0v) is 15.1. The fourth-order valence-corrected chi connectivity index (χ4v) is 3.44. The minimum atomic E-state index is -0.0675. The molecule has 0 saturated carbocycles. The van der Waals surface area contributed by atoms with Gasteiger partial charge in [0.2, 0.25) is 5.91 Å². The average Bonchev–Trinajstić information content (AvgIpc) is 3.22. The first-order valence-electron chi connectivity index (χ1n) is 9.13.